The van der Waals surface area contributed by atoms with E-state index in [1.807, 2.05) is 66.7 Å². The van der Waals surface area contributed by atoms with Gasteiger partial charge in [0, 0.05) is 11.4 Å². The van der Waals surface area contributed by atoms with Crippen molar-refractivity contribution in [2.24, 2.45) is 0 Å². The van der Waals surface area contributed by atoms with Crippen molar-refractivity contribution in [1.29, 1.82) is 0 Å². The summed E-state index contributed by atoms with van der Waals surface area (Å²) in [5.41, 5.74) is 8.09. The zero-order chi connectivity index (χ0) is 15.4. The molecule has 0 aliphatic rings. The Kier molecular flexibility index (Phi) is 3.92. The van der Waals surface area contributed by atoms with E-state index in [0.717, 1.165) is 16.3 Å². The molecule has 0 spiro atoms. The monoisotopic (exact) mass is 292 g/mol. The zero-order valence-corrected chi connectivity index (χ0v) is 12.0. The van der Waals surface area contributed by atoms with Crippen LogP contribution in [0.5, 0.6) is 0 Å². The van der Waals surface area contributed by atoms with Crippen molar-refractivity contribution < 1.29 is 9.53 Å². The first-order valence-electron chi connectivity index (χ1n) is 6.98. The van der Waals surface area contributed by atoms with Gasteiger partial charge < -0.3 is 10.5 Å². The highest BCUT2D eigenvalue weighted by Crippen LogP contribution is 2.21. The Morgan fingerprint density at radius 2 is 1.73 bits per heavy atom. The van der Waals surface area contributed by atoms with Crippen LogP contribution in [0.25, 0.3) is 10.8 Å². The van der Waals surface area contributed by atoms with Gasteiger partial charge in [0.15, 0.2) is 0 Å². The number of nitrogen functional groups attached to an aromatic ring is 1. The first kappa shape index (κ1) is 13.9. The minimum Gasteiger partial charge on any atom is -0.444 e. The third-order valence-electron chi connectivity index (χ3n) is 3.32. The Morgan fingerprint density at radius 1 is 0.955 bits per heavy atom. The van der Waals surface area contributed by atoms with Gasteiger partial charge in [0.1, 0.15) is 6.61 Å². The summed E-state index contributed by atoms with van der Waals surface area (Å²) in [5, 5.41) is 4.76. The van der Waals surface area contributed by atoms with Crippen LogP contribution in [0.4, 0.5) is 16.2 Å². The van der Waals surface area contributed by atoms with Gasteiger partial charge >= 0.3 is 6.09 Å². The van der Waals surface area contributed by atoms with Gasteiger partial charge in [-0.3, -0.25) is 5.32 Å². The molecule has 22 heavy (non-hydrogen) atoms. The molecule has 0 heterocycles. The second-order valence-corrected chi connectivity index (χ2v) is 5.01. The summed E-state index contributed by atoms with van der Waals surface area (Å²) in [6, 6.07) is 20.9. The van der Waals surface area contributed by atoms with Gasteiger partial charge in [-0.05, 0) is 40.6 Å². The molecule has 3 aromatic carbocycles. The van der Waals surface area contributed by atoms with E-state index in [-0.39, 0.29) is 6.61 Å². The molecule has 0 atom stereocenters. The van der Waals surface area contributed by atoms with Crippen molar-refractivity contribution in [3.05, 3.63) is 72.3 Å². The van der Waals surface area contributed by atoms with E-state index in [2.05, 4.69) is 5.32 Å². The molecule has 0 saturated heterocycles. The van der Waals surface area contributed by atoms with Crippen LogP contribution in [0.3, 0.4) is 0 Å². The molecular weight excluding hydrogens is 276 g/mol. The minimum atomic E-state index is -0.480. The molecule has 4 heteroatoms. The Balaban J connectivity index is 1.66. The van der Waals surface area contributed by atoms with E-state index < -0.39 is 6.09 Å². The van der Waals surface area contributed by atoms with Crippen molar-refractivity contribution in [1.82, 2.24) is 0 Å². The lowest BCUT2D eigenvalue weighted by Crippen LogP contribution is -2.13. The van der Waals surface area contributed by atoms with Crippen LogP contribution >= 0.6 is 0 Å². The number of amides is 1. The van der Waals surface area contributed by atoms with Crippen molar-refractivity contribution in [2.45, 2.75) is 6.61 Å². The summed E-state index contributed by atoms with van der Waals surface area (Å²) in [7, 11) is 0. The molecule has 0 radical (unpaired) electrons. The fourth-order valence-corrected chi connectivity index (χ4v) is 2.22. The molecule has 3 N–H and O–H groups in total. The maximum absolute atomic E-state index is 11.8. The van der Waals surface area contributed by atoms with Gasteiger partial charge in [-0.25, -0.2) is 4.79 Å². The van der Waals surface area contributed by atoms with E-state index in [0.29, 0.717) is 11.4 Å². The third-order valence-corrected chi connectivity index (χ3v) is 3.32. The number of carbonyl (C=O) groups is 1. The molecular formula is C18H16N2O2. The number of carbonyl (C=O) groups excluding carboxylic acids is 1. The fraction of sp³-hybridized carbons (Fsp3) is 0.0556. The maximum Gasteiger partial charge on any atom is 0.411 e. The molecule has 110 valence electrons. The number of rotatable bonds is 3. The van der Waals surface area contributed by atoms with Crippen LogP contribution in [0.2, 0.25) is 0 Å². The van der Waals surface area contributed by atoms with Gasteiger partial charge in [-0.2, -0.15) is 0 Å². The van der Waals surface area contributed by atoms with Crippen LogP contribution in [-0.2, 0) is 11.3 Å². The normalized spacial score (nSPS) is 10.4. The van der Waals surface area contributed by atoms with Crippen LogP contribution in [0, 0.1) is 0 Å². The maximum atomic E-state index is 11.8. The quantitative estimate of drug-likeness (QED) is 0.712. The number of ether oxygens (including phenoxy) is 1. The van der Waals surface area contributed by atoms with E-state index in [1.54, 1.807) is 0 Å². The largest absolute Gasteiger partial charge is 0.444 e. The summed E-state index contributed by atoms with van der Waals surface area (Å²) in [4.78, 5) is 11.8. The van der Waals surface area contributed by atoms with Crippen LogP contribution in [-0.4, -0.2) is 6.09 Å². The van der Waals surface area contributed by atoms with Crippen molar-refractivity contribution in [3.8, 4) is 0 Å². The highest BCUT2D eigenvalue weighted by atomic mass is 16.5. The summed E-state index contributed by atoms with van der Waals surface area (Å²) in [6.07, 6.45) is -0.480. The van der Waals surface area contributed by atoms with Crippen LogP contribution < -0.4 is 11.1 Å². The average Bonchev–Trinajstić information content (AvgIpc) is 2.53. The standard InChI is InChI=1S/C18H16N2O2/c19-16-8-6-14-7-9-17(11-15(14)10-16)20-18(21)22-12-13-4-2-1-3-5-13/h1-11H,12,19H2,(H,20,21). The Hall–Kier alpha value is -3.01. The molecule has 0 saturated carbocycles. The number of nitrogens with one attached hydrogen (secondary N) is 1. The SMILES string of the molecule is Nc1ccc2ccc(NC(=O)OCc3ccccc3)cc2c1. The highest BCUT2D eigenvalue weighted by molar-refractivity contribution is 5.92. The average molecular weight is 292 g/mol. The lowest BCUT2D eigenvalue weighted by molar-refractivity contribution is 0.155. The Labute approximate surface area is 128 Å². The summed E-state index contributed by atoms with van der Waals surface area (Å²) >= 11 is 0. The lowest BCUT2D eigenvalue weighted by Gasteiger charge is -2.08. The minimum absolute atomic E-state index is 0.243. The van der Waals surface area contributed by atoms with Crippen molar-refractivity contribution in [2.75, 3.05) is 11.1 Å². The van der Waals surface area contributed by atoms with Gasteiger partial charge in [-0.1, -0.05) is 42.5 Å². The van der Waals surface area contributed by atoms with Crippen LogP contribution in [0.15, 0.2) is 66.7 Å². The van der Waals surface area contributed by atoms with Gasteiger partial charge in [0.25, 0.3) is 0 Å². The molecule has 0 bridgehead atoms. The first-order chi connectivity index (χ1) is 10.7. The second kappa shape index (κ2) is 6.18. The molecule has 3 aromatic rings. The summed E-state index contributed by atoms with van der Waals surface area (Å²) in [6.45, 7) is 0.243. The highest BCUT2D eigenvalue weighted by Gasteiger charge is 2.04. The fourth-order valence-electron chi connectivity index (χ4n) is 2.22. The third kappa shape index (κ3) is 3.35. The molecule has 0 fully saturated rings. The topological polar surface area (TPSA) is 64.3 Å². The molecule has 1 amide bonds. The predicted molar refractivity (Wildman–Crippen MR) is 88.6 cm³/mol. The Bertz CT molecular complexity index is 801. The second-order valence-electron chi connectivity index (χ2n) is 5.01. The van der Waals surface area contributed by atoms with Crippen molar-refractivity contribution in [3.63, 3.8) is 0 Å². The molecule has 0 aliphatic heterocycles. The van der Waals surface area contributed by atoms with Crippen LogP contribution in [0.1, 0.15) is 5.56 Å². The van der Waals surface area contributed by atoms with E-state index in [4.69, 9.17) is 10.5 Å². The van der Waals surface area contributed by atoms with Gasteiger partial charge in [0.2, 0.25) is 0 Å². The number of anilines is 2. The lowest BCUT2D eigenvalue weighted by atomic mass is 10.1. The van der Waals surface area contributed by atoms with E-state index >= 15 is 0 Å². The zero-order valence-electron chi connectivity index (χ0n) is 12.0. The summed E-state index contributed by atoms with van der Waals surface area (Å²) in [5.74, 6) is 0. The number of hydrogen-bond acceptors (Lipinski definition) is 3. The molecule has 0 aromatic heterocycles. The summed E-state index contributed by atoms with van der Waals surface area (Å²) < 4.78 is 5.19. The van der Waals surface area contributed by atoms with E-state index in [9.17, 15) is 4.79 Å². The van der Waals surface area contributed by atoms with Gasteiger partial charge in [-0.15, -0.1) is 0 Å². The smallest absolute Gasteiger partial charge is 0.411 e. The number of hydrogen-bond donors (Lipinski definition) is 2. The molecule has 0 unspecified atom stereocenters. The number of benzene rings is 3. The molecule has 0 aliphatic carbocycles. The number of fused-ring (bicyclic) bond motifs is 1. The Morgan fingerprint density at radius 3 is 2.55 bits per heavy atom. The molecule has 3 rings (SSSR count). The predicted octanol–water partition coefficient (Wildman–Crippen LogP) is 4.17. The van der Waals surface area contributed by atoms with E-state index in [1.165, 1.54) is 0 Å². The first-order valence-corrected chi connectivity index (χ1v) is 6.98. The number of nitrogens with two attached hydrogens (primary N) is 1. The van der Waals surface area contributed by atoms with Gasteiger partial charge in [0.05, 0.1) is 0 Å². The van der Waals surface area contributed by atoms with Crippen molar-refractivity contribution >= 4 is 28.2 Å². The molecule has 4 nitrogen and oxygen atoms in total.